The molecule has 2 aliphatic rings. The predicted octanol–water partition coefficient (Wildman–Crippen LogP) is 6.75. The Hall–Kier alpha value is -6.58. The van der Waals surface area contributed by atoms with E-state index >= 15 is 0 Å². The highest BCUT2D eigenvalue weighted by Crippen LogP contribution is 2.49. The highest BCUT2D eigenvalue weighted by molar-refractivity contribution is 5.75. The third-order valence-electron chi connectivity index (χ3n) is 9.14. The van der Waals surface area contributed by atoms with Gasteiger partial charge in [0.15, 0.2) is 24.4 Å². The second kappa shape index (κ2) is 17.5. The summed E-state index contributed by atoms with van der Waals surface area (Å²) < 4.78 is 113. The van der Waals surface area contributed by atoms with E-state index in [2.05, 4.69) is 0 Å². The Morgan fingerprint density at radius 2 is 1.05 bits per heavy atom. The van der Waals surface area contributed by atoms with Crippen molar-refractivity contribution in [2.45, 2.75) is 75.5 Å². The number of allylic oxidation sites excluding steroid dienone is 2. The number of benzene rings is 2. The van der Waals surface area contributed by atoms with E-state index in [1.807, 2.05) is 0 Å². The normalized spacial score (nSPS) is 22.8. The quantitative estimate of drug-likeness (QED) is 0.0834. The number of ether oxygens (including phenoxy) is 5. The third kappa shape index (κ3) is 8.52. The molecule has 0 bridgehead atoms. The second-order valence-corrected chi connectivity index (χ2v) is 12.6. The molecule has 312 valence electrons. The molecule has 2 aromatic rings. The number of hydrogen-bond donors (Lipinski definition) is 0. The lowest BCUT2D eigenvalue weighted by atomic mass is 9.75. The molecule has 0 aromatic heterocycles. The van der Waals surface area contributed by atoms with Gasteiger partial charge < -0.3 is 23.7 Å². The van der Waals surface area contributed by atoms with E-state index in [1.165, 1.54) is 13.8 Å². The lowest BCUT2D eigenvalue weighted by molar-refractivity contribution is -0.577. The van der Waals surface area contributed by atoms with Crippen LogP contribution in [0.1, 0.15) is 49.9 Å². The van der Waals surface area contributed by atoms with Gasteiger partial charge in [-0.25, -0.2) is 9.59 Å². The number of esters is 2. The fourth-order valence-electron chi connectivity index (χ4n) is 6.50. The Kier molecular flexibility index (Phi) is 13.4. The first-order valence-electron chi connectivity index (χ1n) is 17.3. The first-order chi connectivity index (χ1) is 27.7. The van der Waals surface area contributed by atoms with Gasteiger partial charge in [0.2, 0.25) is 0 Å². The second-order valence-electron chi connectivity index (χ2n) is 12.6. The minimum absolute atomic E-state index is 0.224. The Labute approximate surface area is 330 Å². The van der Waals surface area contributed by atoms with Crippen molar-refractivity contribution in [2.24, 2.45) is 0 Å². The van der Waals surface area contributed by atoms with Crippen molar-refractivity contribution in [3.05, 3.63) is 138 Å². The number of carbonyl (C=O) groups is 2. The van der Waals surface area contributed by atoms with E-state index in [1.54, 1.807) is 12.1 Å². The van der Waals surface area contributed by atoms with Gasteiger partial charge >= 0.3 is 24.3 Å². The highest BCUT2D eigenvalue weighted by Gasteiger charge is 2.61. The van der Waals surface area contributed by atoms with Crippen molar-refractivity contribution in [3.8, 4) is 12.1 Å². The smallest absolute Gasteiger partial charge is 0.416 e. The zero-order chi connectivity index (χ0) is 44.1. The van der Waals surface area contributed by atoms with Crippen LogP contribution in [-0.2, 0) is 56.7 Å². The van der Waals surface area contributed by atoms with Crippen LogP contribution in [0.25, 0.3) is 0 Å². The SMILES string of the molecule is CCOC(=O)C(C)OC1C(C#N)=C(OC2=C(C#N)C(OC(C)C(=O)OCC)C(c3ccccc3C(F)(F)F)([N+](=O)[O-])C=C2)C=CC1(c1ccccc1C(F)(F)F)[N+](=O)[O-]. The fourth-order valence-corrected chi connectivity index (χ4v) is 6.50. The van der Waals surface area contributed by atoms with Crippen LogP contribution < -0.4 is 0 Å². The van der Waals surface area contributed by atoms with Crippen LogP contribution in [0.2, 0.25) is 0 Å². The molecule has 4 rings (SSSR count). The third-order valence-corrected chi connectivity index (χ3v) is 9.14. The highest BCUT2D eigenvalue weighted by atomic mass is 19.4. The molecule has 0 radical (unpaired) electrons. The molecule has 0 aliphatic heterocycles. The van der Waals surface area contributed by atoms with Crippen LogP contribution >= 0.6 is 0 Å². The zero-order valence-electron chi connectivity index (χ0n) is 31.2. The number of nitrogens with zero attached hydrogens (tertiary/aromatic N) is 4. The average molecular weight is 835 g/mol. The molecule has 15 nitrogen and oxygen atoms in total. The van der Waals surface area contributed by atoms with Crippen LogP contribution in [0, 0.1) is 42.9 Å². The monoisotopic (exact) mass is 834 g/mol. The first kappa shape index (κ1) is 45.1. The number of carbonyl (C=O) groups excluding carboxylic acids is 2. The zero-order valence-corrected chi connectivity index (χ0v) is 31.2. The number of nitriles is 2. The standard InChI is InChI=1S/C38H32F6N4O11/c1-5-55-33(49)21(3)57-31-23(19-45)29(15-17-35(31,47(51)52)25-11-7-9-13-27(25)37(39,40)41)59-30-16-18-36(48(53)54,26-12-8-10-14-28(26)38(42,43)44)32(24(30)20-46)58-22(4)34(50)56-6-2/h7-18,21-22,31-32H,5-6H2,1-4H3. The molecule has 21 heteroatoms. The van der Waals surface area contributed by atoms with Gasteiger partial charge in [-0.05, 0) is 52.0 Å². The Balaban J connectivity index is 2.03. The maximum atomic E-state index is 14.4. The van der Waals surface area contributed by atoms with E-state index in [4.69, 9.17) is 23.7 Å². The molecule has 0 fully saturated rings. The van der Waals surface area contributed by atoms with Gasteiger partial charge in [0.1, 0.15) is 34.8 Å². The van der Waals surface area contributed by atoms with Gasteiger partial charge in [0.05, 0.1) is 24.3 Å². The lowest BCUT2D eigenvalue weighted by Gasteiger charge is -2.37. The summed E-state index contributed by atoms with van der Waals surface area (Å²) in [6.45, 7) is 4.43. The van der Waals surface area contributed by atoms with E-state index in [0.29, 0.717) is 36.4 Å². The number of nitro groups is 2. The van der Waals surface area contributed by atoms with Gasteiger partial charge in [-0.2, -0.15) is 36.9 Å². The topological polar surface area (TPSA) is 214 Å². The average Bonchev–Trinajstić information content (AvgIpc) is 3.17. The van der Waals surface area contributed by atoms with Gasteiger partial charge in [-0.1, -0.05) is 36.4 Å². The number of rotatable bonds is 14. The van der Waals surface area contributed by atoms with Crippen molar-refractivity contribution in [2.75, 3.05) is 13.2 Å². The van der Waals surface area contributed by atoms with Crippen molar-refractivity contribution in [1.82, 2.24) is 0 Å². The van der Waals surface area contributed by atoms with Gasteiger partial charge in [-0.15, -0.1) is 0 Å². The Morgan fingerprint density at radius 1 is 0.712 bits per heavy atom. The van der Waals surface area contributed by atoms with E-state index < -0.39 is 115 Å². The number of hydrogen-bond acceptors (Lipinski definition) is 13. The molecule has 6 atom stereocenters. The Bertz CT molecular complexity index is 2070. The van der Waals surface area contributed by atoms with Crippen LogP contribution in [0.3, 0.4) is 0 Å². The summed E-state index contributed by atoms with van der Waals surface area (Å²) in [4.78, 5) is 49.2. The van der Waals surface area contributed by atoms with Crippen molar-refractivity contribution >= 4 is 11.9 Å². The molecule has 2 aromatic carbocycles. The minimum atomic E-state index is -5.21. The molecule has 0 amide bonds. The van der Waals surface area contributed by atoms with Gasteiger partial charge in [-0.3, -0.25) is 20.2 Å². The number of alkyl halides is 6. The molecular formula is C38H32F6N4O11. The number of halogens is 6. The van der Waals surface area contributed by atoms with Gasteiger partial charge in [0, 0.05) is 33.1 Å². The fraction of sp³-hybridized carbons (Fsp3) is 0.368. The Morgan fingerprint density at radius 3 is 1.34 bits per heavy atom. The largest absolute Gasteiger partial charge is 0.464 e. The van der Waals surface area contributed by atoms with Crippen LogP contribution in [0.4, 0.5) is 26.3 Å². The molecule has 0 heterocycles. The molecule has 0 saturated carbocycles. The van der Waals surface area contributed by atoms with Crippen molar-refractivity contribution < 1.29 is 69.5 Å². The van der Waals surface area contributed by atoms with Crippen molar-refractivity contribution in [3.63, 3.8) is 0 Å². The van der Waals surface area contributed by atoms with E-state index in [9.17, 15) is 66.7 Å². The molecule has 0 spiro atoms. The summed E-state index contributed by atoms with van der Waals surface area (Å²) in [6.07, 6.45) is -16.3. The van der Waals surface area contributed by atoms with E-state index in [-0.39, 0.29) is 13.2 Å². The molecule has 0 N–H and O–H groups in total. The molecule has 59 heavy (non-hydrogen) atoms. The first-order valence-corrected chi connectivity index (χ1v) is 17.3. The summed E-state index contributed by atoms with van der Waals surface area (Å²) in [5.74, 6) is -3.83. The maximum Gasteiger partial charge on any atom is 0.416 e. The summed E-state index contributed by atoms with van der Waals surface area (Å²) in [6, 6.07) is 9.74. The van der Waals surface area contributed by atoms with Crippen LogP contribution in [-0.4, -0.2) is 59.4 Å². The summed E-state index contributed by atoms with van der Waals surface area (Å²) >= 11 is 0. The molecule has 2 aliphatic carbocycles. The maximum absolute atomic E-state index is 14.4. The molecule has 0 saturated heterocycles. The summed E-state index contributed by atoms with van der Waals surface area (Å²) in [5.41, 5.74) is -13.2. The predicted molar refractivity (Wildman–Crippen MR) is 187 cm³/mol. The minimum Gasteiger partial charge on any atom is -0.464 e. The van der Waals surface area contributed by atoms with Crippen LogP contribution in [0.15, 0.2) is 95.5 Å². The van der Waals surface area contributed by atoms with Crippen LogP contribution in [0.5, 0.6) is 0 Å². The van der Waals surface area contributed by atoms with Crippen molar-refractivity contribution in [1.29, 1.82) is 10.5 Å². The summed E-state index contributed by atoms with van der Waals surface area (Å²) in [7, 11) is 0. The van der Waals surface area contributed by atoms with Gasteiger partial charge in [0.25, 0.3) is 11.1 Å². The van der Waals surface area contributed by atoms with E-state index in [0.717, 1.165) is 50.2 Å². The molecular weight excluding hydrogens is 802 g/mol. The molecule has 6 unspecified atom stereocenters. The summed E-state index contributed by atoms with van der Waals surface area (Å²) in [5, 5.41) is 47.1. The lowest BCUT2D eigenvalue weighted by Crippen LogP contribution is -2.52.